The maximum absolute atomic E-state index is 7.27. The first-order chi connectivity index (χ1) is 25.8. The molecule has 0 radical (unpaired) electrons. The van der Waals surface area contributed by atoms with Crippen molar-refractivity contribution in [3.05, 3.63) is 190 Å². The van der Waals surface area contributed by atoms with Crippen LogP contribution in [0.2, 0.25) is 0 Å². The molecule has 1 aromatic heterocycles. The van der Waals surface area contributed by atoms with Crippen LogP contribution in [-0.4, -0.2) is 17.2 Å². The Balaban J connectivity index is 1.20. The largest absolute Gasteiger partial charge is 0.652 e. The summed E-state index contributed by atoms with van der Waals surface area (Å²) in [6.45, 7) is 0.754. The molecule has 3 atom stereocenters. The van der Waals surface area contributed by atoms with E-state index < -0.39 is 5.41 Å². The average Bonchev–Trinajstić information content (AvgIpc) is 3.56. The maximum atomic E-state index is 7.27. The molecule has 0 N–H and O–H groups in total. The fraction of sp³-hybridized carbons (Fsp3) is 0.167. The number of fused-ring (bicyclic) bond motifs is 11. The van der Waals surface area contributed by atoms with E-state index in [1.807, 2.05) is 0 Å². The van der Waals surface area contributed by atoms with Crippen LogP contribution >= 0.6 is 0 Å². The summed E-state index contributed by atoms with van der Waals surface area (Å²) in [4.78, 5) is 0. The van der Waals surface area contributed by atoms with Gasteiger partial charge in [-0.25, -0.2) is 0 Å². The molecule has 4 heteroatoms. The van der Waals surface area contributed by atoms with Gasteiger partial charge in [0, 0.05) is 51.0 Å². The number of allylic oxidation sites excluding steroid dienone is 3. The number of nitrogens with zero attached hydrogens (tertiary/aromatic N) is 2. The Labute approximate surface area is 304 Å². The predicted molar refractivity (Wildman–Crippen MR) is 210 cm³/mol. The molecule has 4 nitrogen and oxygen atoms in total. The van der Waals surface area contributed by atoms with Crippen LogP contribution in [0, 0.1) is 0 Å². The summed E-state index contributed by atoms with van der Waals surface area (Å²) >= 11 is 0. The van der Waals surface area contributed by atoms with Crippen molar-refractivity contribution in [1.29, 1.82) is 0 Å². The number of aromatic nitrogens is 1. The molecule has 3 aliphatic heterocycles. The predicted octanol–water partition coefficient (Wildman–Crippen LogP) is 11.7. The van der Waals surface area contributed by atoms with Crippen molar-refractivity contribution >= 4 is 17.0 Å². The average molecular weight is 674 g/mol. The number of hydrogen-bond acceptors (Lipinski definition) is 2. The molecule has 2 aliphatic carbocycles. The van der Waals surface area contributed by atoms with E-state index in [0.717, 1.165) is 71.7 Å². The number of benzene rings is 5. The zero-order valence-corrected chi connectivity index (χ0v) is 28.8. The van der Waals surface area contributed by atoms with Crippen LogP contribution in [0.25, 0.3) is 39.1 Å². The molecule has 0 saturated heterocycles. The highest BCUT2D eigenvalue weighted by molar-refractivity contribution is 6.05. The van der Waals surface area contributed by atoms with Gasteiger partial charge in [0.2, 0.25) is 0 Å². The molecule has 0 bridgehead atoms. The molecule has 0 fully saturated rings. The summed E-state index contributed by atoms with van der Waals surface area (Å²) in [5.41, 5.74) is 12.7. The summed E-state index contributed by atoms with van der Waals surface area (Å²) in [7, 11) is 0. The van der Waals surface area contributed by atoms with Crippen molar-refractivity contribution in [2.45, 2.75) is 43.2 Å². The zero-order valence-electron chi connectivity index (χ0n) is 28.8. The first-order valence-corrected chi connectivity index (χ1v) is 18.6. The highest BCUT2D eigenvalue weighted by atomic mass is 16.5. The molecule has 6 aromatic rings. The Bertz CT molecular complexity index is 2550. The topological polar surface area (TPSA) is 37.5 Å². The zero-order chi connectivity index (χ0) is 34.2. The summed E-state index contributed by atoms with van der Waals surface area (Å²) in [5, 5.41) is 6.20. The number of hydrogen-bond donors (Lipinski definition) is 0. The number of ether oxygens (including phenoxy) is 2. The Morgan fingerprint density at radius 3 is 2.48 bits per heavy atom. The van der Waals surface area contributed by atoms with E-state index in [-0.39, 0.29) is 12.1 Å². The maximum Gasteiger partial charge on any atom is 0.132 e. The molecular formula is C48H37N2O2-. The van der Waals surface area contributed by atoms with E-state index in [1.54, 1.807) is 0 Å². The summed E-state index contributed by atoms with van der Waals surface area (Å²) in [5.74, 6) is 2.74. The third kappa shape index (κ3) is 4.19. The van der Waals surface area contributed by atoms with Gasteiger partial charge in [0.25, 0.3) is 0 Å². The summed E-state index contributed by atoms with van der Waals surface area (Å²) in [6.07, 6.45) is 19.4. The minimum atomic E-state index is -0.603. The molecule has 5 aromatic carbocycles. The van der Waals surface area contributed by atoms with Crippen LogP contribution in [0.4, 0.5) is 0 Å². The Morgan fingerprint density at radius 2 is 1.56 bits per heavy atom. The van der Waals surface area contributed by atoms with Crippen LogP contribution in [0.5, 0.6) is 17.2 Å². The fourth-order valence-corrected chi connectivity index (χ4v) is 9.59. The van der Waals surface area contributed by atoms with Crippen LogP contribution in [-0.2, 0) is 11.8 Å². The van der Waals surface area contributed by atoms with Gasteiger partial charge >= 0.3 is 0 Å². The van der Waals surface area contributed by atoms with E-state index >= 15 is 0 Å². The Hall–Kier alpha value is -5.84. The van der Waals surface area contributed by atoms with E-state index in [1.165, 1.54) is 44.5 Å². The van der Waals surface area contributed by atoms with E-state index in [2.05, 4.69) is 156 Å². The second kappa shape index (κ2) is 11.6. The van der Waals surface area contributed by atoms with Crippen molar-refractivity contribution in [2.75, 3.05) is 6.54 Å². The normalized spacial score (nSPS) is 22.0. The molecular weight excluding hydrogens is 637 g/mol. The van der Waals surface area contributed by atoms with Crippen molar-refractivity contribution in [3.8, 4) is 34.1 Å². The molecule has 4 heterocycles. The van der Waals surface area contributed by atoms with Gasteiger partial charge < -0.3 is 19.4 Å². The number of para-hydroxylation sites is 3. The molecule has 252 valence electrons. The highest BCUT2D eigenvalue weighted by Crippen LogP contribution is 2.62. The Kier molecular flexibility index (Phi) is 6.65. The lowest BCUT2D eigenvalue weighted by atomic mass is 9.59. The molecule has 11 rings (SSSR count). The number of rotatable bonds is 3. The standard InChI is InChI=1S/C48H37N2O2/c1-2-14-32(15-3-1)50-41-23-7-4-16-35(41)46-33(17-13-24-42(46)50)34-18-12-21-39-47(34)52-44-26-9-6-20-37(44)48(39)36-19-5-8-25-43(36)51-45-30-31(27-28-38(45)48)40-22-10-11-29-49-40/h1-6,8-21,24-25,27-28,30,40,44H,7,22-23,26,29H2/q-1. The lowest BCUT2D eigenvalue weighted by Crippen LogP contribution is -2.45. The van der Waals surface area contributed by atoms with Crippen molar-refractivity contribution < 1.29 is 9.47 Å². The quantitative estimate of drug-likeness (QED) is 0.175. The smallest absolute Gasteiger partial charge is 0.132 e. The Morgan fingerprint density at radius 1 is 0.712 bits per heavy atom. The van der Waals surface area contributed by atoms with Gasteiger partial charge in [-0.3, -0.25) is 0 Å². The van der Waals surface area contributed by atoms with Gasteiger partial charge in [-0.15, -0.1) is 18.7 Å². The molecule has 5 aliphatic rings. The highest BCUT2D eigenvalue weighted by Gasteiger charge is 2.53. The van der Waals surface area contributed by atoms with Crippen LogP contribution in [0.3, 0.4) is 0 Å². The van der Waals surface area contributed by atoms with Gasteiger partial charge in [-0.05, 0) is 60.7 Å². The van der Waals surface area contributed by atoms with E-state index in [0.29, 0.717) is 0 Å². The van der Waals surface area contributed by atoms with E-state index in [9.17, 15) is 0 Å². The van der Waals surface area contributed by atoms with Gasteiger partial charge in [-0.2, -0.15) is 0 Å². The van der Waals surface area contributed by atoms with Gasteiger partial charge in [0.1, 0.15) is 23.4 Å². The second-order valence-corrected chi connectivity index (χ2v) is 14.4. The van der Waals surface area contributed by atoms with Crippen molar-refractivity contribution in [1.82, 2.24) is 4.57 Å². The van der Waals surface area contributed by atoms with E-state index in [4.69, 9.17) is 14.8 Å². The monoisotopic (exact) mass is 673 g/mol. The van der Waals surface area contributed by atoms with Gasteiger partial charge in [-0.1, -0.05) is 121 Å². The van der Waals surface area contributed by atoms with Gasteiger partial charge in [0.05, 0.1) is 10.9 Å². The molecule has 52 heavy (non-hydrogen) atoms. The molecule has 0 saturated carbocycles. The summed E-state index contributed by atoms with van der Waals surface area (Å²) < 4.78 is 16.6. The minimum Gasteiger partial charge on any atom is -0.652 e. The minimum absolute atomic E-state index is 0.127. The van der Waals surface area contributed by atoms with Crippen molar-refractivity contribution in [3.63, 3.8) is 0 Å². The fourth-order valence-electron chi connectivity index (χ4n) is 9.59. The third-order valence-electron chi connectivity index (χ3n) is 11.8. The molecule has 0 amide bonds. The van der Waals surface area contributed by atoms with Crippen LogP contribution in [0.1, 0.15) is 58.8 Å². The van der Waals surface area contributed by atoms with Crippen LogP contribution < -0.4 is 9.47 Å². The lowest BCUT2D eigenvalue weighted by molar-refractivity contribution is 0.202. The molecule has 3 unspecified atom stereocenters. The van der Waals surface area contributed by atoms with Crippen LogP contribution in [0.15, 0.2) is 151 Å². The van der Waals surface area contributed by atoms with Gasteiger partial charge in [0.15, 0.2) is 0 Å². The summed E-state index contributed by atoms with van der Waals surface area (Å²) in [6, 6.07) is 40.0. The first kappa shape index (κ1) is 29.8. The lowest BCUT2D eigenvalue weighted by Gasteiger charge is -2.49. The van der Waals surface area contributed by atoms with Crippen molar-refractivity contribution in [2.24, 2.45) is 0 Å². The SMILES string of the molecule is C1=CCC2Oc3c(-c4cccc5c4c4c(n5-c5ccccc5)CCC=C4)cccc3C3(C2=C1)c1ccccc1Oc1cc(C2CC=CC[N-]2)ccc13. The molecule has 1 spiro atoms. The third-order valence-corrected chi connectivity index (χ3v) is 11.8. The first-order valence-electron chi connectivity index (χ1n) is 18.6. The second-order valence-electron chi connectivity index (χ2n) is 14.4.